The van der Waals surface area contributed by atoms with Gasteiger partial charge < -0.3 is 9.30 Å². The third-order valence-electron chi connectivity index (χ3n) is 6.06. The topological polar surface area (TPSA) is 53.0 Å². The molecule has 0 saturated heterocycles. The van der Waals surface area contributed by atoms with E-state index < -0.39 is 0 Å². The van der Waals surface area contributed by atoms with E-state index in [1.165, 1.54) is 0 Å². The lowest BCUT2D eigenvalue weighted by Gasteiger charge is -2.16. The number of benzene rings is 3. The number of nitrogens with zero attached hydrogens (tertiary/aromatic N) is 6. The standard InChI is InChI=1S/C28H28N6OS/c1-31(20-34-28(36)32(2)27(30-34)24-16-10-11-17-25(24)35-3)18-22-19-33(23-14-8-5-9-15-23)29-26(22)21-12-6-4-7-13-21/h4-17,19H,18,20H2,1-3H3. The molecule has 5 rings (SSSR count). The maximum atomic E-state index is 5.73. The van der Waals surface area contributed by atoms with Crippen LogP contribution in [-0.4, -0.2) is 43.2 Å². The summed E-state index contributed by atoms with van der Waals surface area (Å²) in [6.45, 7) is 1.21. The summed E-state index contributed by atoms with van der Waals surface area (Å²) < 4.78 is 11.9. The van der Waals surface area contributed by atoms with Crippen LogP contribution < -0.4 is 4.74 Å². The summed E-state index contributed by atoms with van der Waals surface area (Å²) in [4.78, 5) is 2.19. The van der Waals surface area contributed by atoms with Gasteiger partial charge in [0.05, 0.1) is 30.7 Å². The molecular formula is C28H28N6OS. The van der Waals surface area contributed by atoms with Gasteiger partial charge in [-0.1, -0.05) is 60.7 Å². The molecule has 0 N–H and O–H groups in total. The Bertz CT molecular complexity index is 1520. The molecule has 0 spiro atoms. The molecule has 0 aliphatic heterocycles. The van der Waals surface area contributed by atoms with Crippen LogP contribution in [0.2, 0.25) is 0 Å². The van der Waals surface area contributed by atoms with E-state index in [1.807, 2.05) is 81.6 Å². The highest BCUT2D eigenvalue weighted by Gasteiger charge is 2.17. The zero-order chi connectivity index (χ0) is 25.1. The fourth-order valence-electron chi connectivity index (χ4n) is 4.29. The average Bonchev–Trinajstić information content (AvgIpc) is 3.46. The second-order valence-corrected chi connectivity index (χ2v) is 9.03. The number of ether oxygens (including phenoxy) is 1. The van der Waals surface area contributed by atoms with Crippen LogP contribution in [0, 0.1) is 4.77 Å². The van der Waals surface area contributed by atoms with Gasteiger partial charge in [0, 0.05) is 30.9 Å². The molecule has 2 aromatic heterocycles. The van der Waals surface area contributed by atoms with Gasteiger partial charge in [-0.05, 0) is 43.5 Å². The molecule has 0 atom stereocenters. The molecular weight excluding hydrogens is 468 g/mol. The average molecular weight is 497 g/mol. The number of para-hydroxylation sites is 2. The summed E-state index contributed by atoms with van der Waals surface area (Å²) in [5.74, 6) is 1.54. The highest BCUT2D eigenvalue weighted by atomic mass is 32.1. The lowest BCUT2D eigenvalue weighted by molar-refractivity contribution is 0.244. The van der Waals surface area contributed by atoms with Crippen molar-refractivity contribution < 1.29 is 4.74 Å². The summed E-state index contributed by atoms with van der Waals surface area (Å²) in [7, 11) is 5.66. The van der Waals surface area contributed by atoms with E-state index in [2.05, 4.69) is 42.4 Å². The smallest absolute Gasteiger partial charge is 0.199 e. The van der Waals surface area contributed by atoms with Crippen LogP contribution in [-0.2, 0) is 20.3 Å². The van der Waals surface area contributed by atoms with Crippen LogP contribution in [0.3, 0.4) is 0 Å². The van der Waals surface area contributed by atoms with Gasteiger partial charge in [0.2, 0.25) is 0 Å². The van der Waals surface area contributed by atoms with Crippen molar-refractivity contribution in [2.45, 2.75) is 13.2 Å². The van der Waals surface area contributed by atoms with Crippen molar-refractivity contribution in [2.75, 3.05) is 14.2 Å². The Morgan fingerprint density at radius 2 is 1.56 bits per heavy atom. The molecule has 0 aliphatic rings. The molecule has 0 amide bonds. The highest BCUT2D eigenvalue weighted by molar-refractivity contribution is 7.71. The molecule has 2 heterocycles. The maximum absolute atomic E-state index is 5.73. The number of rotatable bonds is 8. The molecule has 182 valence electrons. The quantitative estimate of drug-likeness (QED) is 0.263. The number of hydrogen-bond donors (Lipinski definition) is 0. The predicted octanol–water partition coefficient (Wildman–Crippen LogP) is 5.57. The Hall–Kier alpha value is -4.01. The Labute approximate surface area is 215 Å². The second kappa shape index (κ2) is 10.3. The largest absolute Gasteiger partial charge is 0.496 e. The number of hydrogen-bond acceptors (Lipinski definition) is 5. The van der Waals surface area contributed by atoms with Crippen molar-refractivity contribution in [3.8, 4) is 34.1 Å². The third-order valence-corrected chi connectivity index (χ3v) is 6.55. The van der Waals surface area contributed by atoms with Crippen LogP contribution in [0.5, 0.6) is 5.75 Å². The van der Waals surface area contributed by atoms with Crippen molar-refractivity contribution in [3.05, 3.63) is 101 Å². The van der Waals surface area contributed by atoms with Crippen molar-refractivity contribution in [1.29, 1.82) is 0 Å². The van der Waals surface area contributed by atoms with Crippen molar-refractivity contribution in [1.82, 2.24) is 29.0 Å². The van der Waals surface area contributed by atoms with Gasteiger partial charge in [-0.2, -0.15) is 10.2 Å². The van der Waals surface area contributed by atoms with Gasteiger partial charge >= 0.3 is 0 Å². The molecule has 0 radical (unpaired) electrons. The molecule has 0 bridgehead atoms. The summed E-state index contributed by atoms with van der Waals surface area (Å²) in [6.07, 6.45) is 2.10. The lowest BCUT2D eigenvalue weighted by Crippen LogP contribution is -2.22. The number of methoxy groups -OCH3 is 1. The first-order valence-electron chi connectivity index (χ1n) is 11.7. The van der Waals surface area contributed by atoms with E-state index in [0.717, 1.165) is 39.6 Å². The van der Waals surface area contributed by atoms with Gasteiger partial charge in [-0.3, -0.25) is 4.90 Å². The molecule has 0 saturated carbocycles. The Morgan fingerprint density at radius 3 is 2.28 bits per heavy atom. The van der Waals surface area contributed by atoms with E-state index in [-0.39, 0.29) is 0 Å². The van der Waals surface area contributed by atoms with Crippen molar-refractivity contribution >= 4 is 12.2 Å². The number of aromatic nitrogens is 5. The Balaban J connectivity index is 1.44. The molecule has 36 heavy (non-hydrogen) atoms. The van der Waals surface area contributed by atoms with Crippen molar-refractivity contribution in [2.24, 2.45) is 7.05 Å². The molecule has 8 heteroatoms. The van der Waals surface area contributed by atoms with E-state index >= 15 is 0 Å². The Kier molecular flexibility index (Phi) is 6.79. The van der Waals surface area contributed by atoms with E-state index in [9.17, 15) is 0 Å². The van der Waals surface area contributed by atoms with Crippen LogP contribution in [0.1, 0.15) is 5.56 Å². The molecule has 5 aromatic rings. The van der Waals surface area contributed by atoms with Crippen molar-refractivity contribution in [3.63, 3.8) is 0 Å². The maximum Gasteiger partial charge on any atom is 0.199 e. The third kappa shape index (κ3) is 4.73. The van der Waals surface area contributed by atoms with Crippen LogP contribution >= 0.6 is 12.2 Å². The zero-order valence-electron chi connectivity index (χ0n) is 20.6. The molecule has 7 nitrogen and oxygen atoms in total. The lowest BCUT2D eigenvalue weighted by atomic mass is 10.1. The summed E-state index contributed by atoms with van der Waals surface area (Å²) >= 11 is 5.73. The highest BCUT2D eigenvalue weighted by Crippen LogP contribution is 2.28. The first kappa shape index (κ1) is 23.7. The van der Waals surface area contributed by atoms with Gasteiger partial charge in [-0.15, -0.1) is 0 Å². The molecule has 3 aromatic carbocycles. The molecule has 0 aliphatic carbocycles. The Morgan fingerprint density at radius 1 is 0.889 bits per heavy atom. The summed E-state index contributed by atoms with van der Waals surface area (Å²) in [6, 6.07) is 28.3. The monoisotopic (exact) mass is 496 g/mol. The van der Waals surface area contributed by atoms with E-state index in [1.54, 1.807) is 7.11 Å². The van der Waals surface area contributed by atoms with Gasteiger partial charge in [-0.25, -0.2) is 9.36 Å². The normalized spacial score (nSPS) is 11.2. The van der Waals surface area contributed by atoms with Gasteiger partial charge in [0.1, 0.15) is 5.75 Å². The predicted molar refractivity (Wildman–Crippen MR) is 144 cm³/mol. The SMILES string of the molecule is COc1ccccc1-c1nn(CN(C)Cc2cn(-c3ccccc3)nc2-c2ccccc2)c(=S)n1C. The van der Waals surface area contributed by atoms with Crippen LogP contribution in [0.25, 0.3) is 28.3 Å². The van der Waals surface area contributed by atoms with Crippen LogP contribution in [0.4, 0.5) is 0 Å². The van der Waals surface area contributed by atoms with E-state index in [4.69, 9.17) is 27.2 Å². The summed E-state index contributed by atoms with van der Waals surface area (Å²) in [5, 5.41) is 9.77. The van der Waals surface area contributed by atoms with Gasteiger partial charge in [0.25, 0.3) is 0 Å². The van der Waals surface area contributed by atoms with Gasteiger partial charge in [0.15, 0.2) is 10.6 Å². The minimum atomic E-state index is 0.534. The second-order valence-electron chi connectivity index (χ2n) is 8.67. The molecule has 0 unspecified atom stereocenters. The summed E-state index contributed by atoms with van der Waals surface area (Å²) in [5.41, 5.74) is 5.11. The first-order valence-corrected chi connectivity index (χ1v) is 12.1. The zero-order valence-corrected chi connectivity index (χ0v) is 21.4. The molecule has 0 fully saturated rings. The minimum absolute atomic E-state index is 0.534. The first-order chi connectivity index (χ1) is 17.5. The fourth-order valence-corrected chi connectivity index (χ4v) is 4.48. The minimum Gasteiger partial charge on any atom is -0.496 e. The fraction of sp³-hybridized carbons (Fsp3) is 0.179. The van der Waals surface area contributed by atoms with E-state index in [0.29, 0.717) is 18.0 Å². The van der Waals surface area contributed by atoms with Crippen LogP contribution in [0.15, 0.2) is 91.1 Å².